The highest BCUT2D eigenvalue weighted by atomic mass is 19.1. The zero-order valence-electron chi connectivity index (χ0n) is 15.4. The molecule has 2 heterocycles. The van der Waals surface area contributed by atoms with E-state index in [0.717, 1.165) is 11.1 Å². The van der Waals surface area contributed by atoms with Gasteiger partial charge in [0.2, 0.25) is 0 Å². The van der Waals surface area contributed by atoms with E-state index in [0.29, 0.717) is 11.9 Å². The Hall–Kier alpha value is -3.26. The highest BCUT2D eigenvalue weighted by Gasteiger charge is 2.23. The largest absolute Gasteiger partial charge is 0.505 e. The van der Waals surface area contributed by atoms with Gasteiger partial charge in [0.25, 0.3) is 11.5 Å². The number of amides is 1. The summed E-state index contributed by atoms with van der Waals surface area (Å²) in [6, 6.07) is 7.17. The van der Waals surface area contributed by atoms with Crippen LogP contribution in [0.1, 0.15) is 28.4 Å². The fourth-order valence-electron chi connectivity index (χ4n) is 2.91. The van der Waals surface area contributed by atoms with Gasteiger partial charge in [0.1, 0.15) is 16.9 Å². The number of hydrogen-bond acceptors (Lipinski definition) is 5. The van der Waals surface area contributed by atoms with Crippen molar-refractivity contribution in [1.82, 2.24) is 14.9 Å². The number of benzene rings is 1. The molecule has 1 atom stereocenters. The Bertz CT molecular complexity index is 1090. The number of pyridine rings is 2. The number of aromatic hydroxyl groups is 1. The van der Waals surface area contributed by atoms with Gasteiger partial charge in [-0.3, -0.25) is 14.6 Å². The summed E-state index contributed by atoms with van der Waals surface area (Å²) in [5.74, 6) is -1.61. The van der Waals surface area contributed by atoms with Gasteiger partial charge >= 0.3 is 0 Å². The van der Waals surface area contributed by atoms with Crippen LogP contribution in [-0.4, -0.2) is 38.3 Å². The topological polar surface area (TPSA) is 104 Å². The van der Waals surface area contributed by atoms with E-state index in [4.69, 9.17) is 5.11 Å². The Morgan fingerprint density at radius 2 is 1.96 bits per heavy atom. The molecular formula is C20H20FN3O4. The van der Waals surface area contributed by atoms with Crippen LogP contribution in [0.4, 0.5) is 4.39 Å². The molecule has 1 aromatic carbocycles. The van der Waals surface area contributed by atoms with Crippen molar-refractivity contribution in [3.05, 3.63) is 69.4 Å². The molecule has 0 spiro atoms. The van der Waals surface area contributed by atoms with Crippen molar-refractivity contribution in [2.75, 3.05) is 6.61 Å². The van der Waals surface area contributed by atoms with Crippen molar-refractivity contribution in [3.8, 4) is 5.75 Å². The third-order valence-corrected chi connectivity index (χ3v) is 4.47. The molecule has 0 saturated carbocycles. The van der Waals surface area contributed by atoms with Crippen molar-refractivity contribution in [2.45, 2.75) is 19.4 Å². The van der Waals surface area contributed by atoms with Crippen LogP contribution in [0.2, 0.25) is 0 Å². The fourth-order valence-corrected chi connectivity index (χ4v) is 2.91. The Morgan fingerprint density at radius 1 is 1.29 bits per heavy atom. The first-order chi connectivity index (χ1) is 13.3. The maximum absolute atomic E-state index is 13.1. The molecular weight excluding hydrogens is 365 g/mol. The van der Waals surface area contributed by atoms with Gasteiger partial charge in [-0.05, 0) is 42.7 Å². The molecule has 3 rings (SSSR count). The van der Waals surface area contributed by atoms with Crippen molar-refractivity contribution in [3.63, 3.8) is 0 Å². The van der Waals surface area contributed by atoms with Crippen LogP contribution in [0.25, 0.3) is 11.0 Å². The van der Waals surface area contributed by atoms with Crippen molar-refractivity contribution in [2.24, 2.45) is 7.05 Å². The smallest absolute Gasteiger partial charge is 0.267 e. The fraction of sp³-hybridized carbons (Fsp3) is 0.250. The molecule has 0 fully saturated rings. The number of aliphatic hydroxyl groups is 1. The standard InChI is InChI=1S/C20H20FN3O4/c1-11(10-25)23-19(27)16-18(26)17-15(24(2)20(16)28)8-13(9-22-17)7-12-3-5-14(21)6-4-12/h3-6,8-9,11,25-26H,7,10H2,1-2H3,(H,23,27)/t11-/m0/s1. The Kier molecular flexibility index (Phi) is 5.41. The van der Waals surface area contributed by atoms with Crippen LogP contribution >= 0.6 is 0 Å². The summed E-state index contributed by atoms with van der Waals surface area (Å²) in [5, 5.41) is 22.0. The first-order valence-corrected chi connectivity index (χ1v) is 8.68. The second-order valence-corrected chi connectivity index (χ2v) is 6.66. The van der Waals surface area contributed by atoms with Gasteiger partial charge in [-0.15, -0.1) is 0 Å². The molecule has 0 radical (unpaired) electrons. The van der Waals surface area contributed by atoms with Gasteiger partial charge in [-0.1, -0.05) is 12.1 Å². The minimum Gasteiger partial charge on any atom is -0.505 e. The number of rotatable bonds is 5. The predicted octanol–water partition coefficient (Wildman–Crippen LogP) is 1.48. The molecule has 7 nitrogen and oxygen atoms in total. The van der Waals surface area contributed by atoms with Gasteiger partial charge in [-0.25, -0.2) is 4.39 Å². The molecule has 2 aromatic heterocycles. The van der Waals surface area contributed by atoms with E-state index >= 15 is 0 Å². The van der Waals surface area contributed by atoms with Gasteiger partial charge in [0, 0.05) is 19.3 Å². The third-order valence-electron chi connectivity index (χ3n) is 4.47. The number of fused-ring (bicyclic) bond motifs is 1. The van der Waals surface area contributed by atoms with Crippen LogP contribution in [-0.2, 0) is 13.5 Å². The Labute approximate surface area is 160 Å². The number of aliphatic hydroxyl groups excluding tert-OH is 1. The lowest BCUT2D eigenvalue weighted by molar-refractivity contribution is 0.0917. The summed E-state index contributed by atoms with van der Waals surface area (Å²) in [7, 11) is 1.49. The number of carbonyl (C=O) groups excluding carboxylic acids is 1. The van der Waals surface area contributed by atoms with E-state index in [1.807, 2.05) is 0 Å². The number of carbonyl (C=O) groups is 1. The number of nitrogens with zero attached hydrogens (tertiary/aromatic N) is 2. The first-order valence-electron chi connectivity index (χ1n) is 8.68. The van der Waals surface area contributed by atoms with E-state index in [1.54, 1.807) is 25.1 Å². The van der Waals surface area contributed by atoms with Gasteiger partial charge in [-0.2, -0.15) is 0 Å². The summed E-state index contributed by atoms with van der Waals surface area (Å²) in [6.45, 7) is 1.27. The summed E-state index contributed by atoms with van der Waals surface area (Å²) >= 11 is 0. The van der Waals surface area contributed by atoms with Gasteiger partial charge in [0.15, 0.2) is 5.75 Å². The van der Waals surface area contributed by atoms with E-state index in [2.05, 4.69) is 10.3 Å². The minimum atomic E-state index is -0.779. The van der Waals surface area contributed by atoms with E-state index < -0.39 is 28.8 Å². The SMILES string of the molecule is C[C@@H](CO)NC(=O)c1c(O)c2ncc(Cc3ccc(F)cc3)cc2n(C)c1=O. The Balaban J connectivity index is 2.04. The normalized spacial score (nSPS) is 12.1. The lowest BCUT2D eigenvalue weighted by Gasteiger charge is -2.14. The molecule has 3 aromatic rings. The average Bonchev–Trinajstić information content (AvgIpc) is 2.68. The minimum absolute atomic E-state index is 0.117. The highest BCUT2D eigenvalue weighted by molar-refractivity contribution is 6.01. The summed E-state index contributed by atoms with van der Waals surface area (Å²) in [6.07, 6.45) is 2.00. The summed E-state index contributed by atoms with van der Waals surface area (Å²) < 4.78 is 14.3. The van der Waals surface area contributed by atoms with Crippen LogP contribution in [0, 0.1) is 5.82 Å². The monoisotopic (exact) mass is 385 g/mol. The highest BCUT2D eigenvalue weighted by Crippen LogP contribution is 2.25. The molecule has 1 amide bonds. The van der Waals surface area contributed by atoms with E-state index in [9.17, 15) is 19.1 Å². The molecule has 3 N–H and O–H groups in total. The Morgan fingerprint density at radius 3 is 2.61 bits per heavy atom. The summed E-state index contributed by atoms with van der Waals surface area (Å²) in [4.78, 5) is 29.2. The third kappa shape index (κ3) is 3.72. The van der Waals surface area contributed by atoms with Crippen LogP contribution in [0.3, 0.4) is 0 Å². The molecule has 146 valence electrons. The molecule has 0 saturated heterocycles. The van der Waals surface area contributed by atoms with Gasteiger partial charge in [0.05, 0.1) is 12.1 Å². The molecule has 28 heavy (non-hydrogen) atoms. The molecule has 0 unspecified atom stereocenters. The second-order valence-electron chi connectivity index (χ2n) is 6.66. The number of aromatic nitrogens is 2. The van der Waals surface area contributed by atoms with Crippen molar-refractivity contribution >= 4 is 16.9 Å². The van der Waals surface area contributed by atoms with Gasteiger partial charge < -0.3 is 20.1 Å². The maximum atomic E-state index is 13.1. The average molecular weight is 385 g/mol. The molecule has 0 aliphatic heterocycles. The molecule has 0 bridgehead atoms. The zero-order valence-corrected chi connectivity index (χ0v) is 15.4. The predicted molar refractivity (Wildman–Crippen MR) is 102 cm³/mol. The van der Waals surface area contributed by atoms with Crippen molar-refractivity contribution in [1.29, 1.82) is 0 Å². The van der Waals surface area contributed by atoms with Crippen LogP contribution in [0.5, 0.6) is 5.75 Å². The first kappa shape index (κ1) is 19.5. The number of halogens is 1. The molecule has 0 aliphatic carbocycles. The van der Waals surface area contributed by atoms with Crippen LogP contribution in [0.15, 0.2) is 41.3 Å². The van der Waals surface area contributed by atoms with Crippen LogP contribution < -0.4 is 10.9 Å². The molecule has 0 aliphatic rings. The van der Waals surface area contributed by atoms with E-state index in [-0.39, 0.29) is 17.9 Å². The lowest BCUT2D eigenvalue weighted by Crippen LogP contribution is -2.39. The molecule has 8 heteroatoms. The lowest BCUT2D eigenvalue weighted by atomic mass is 10.1. The van der Waals surface area contributed by atoms with E-state index in [1.165, 1.54) is 29.9 Å². The van der Waals surface area contributed by atoms with Crippen molar-refractivity contribution < 1.29 is 19.4 Å². The second kappa shape index (κ2) is 7.77. The maximum Gasteiger partial charge on any atom is 0.267 e. The number of hydrogen-bond donors (Lipinski definition) is 3. The quantitative estimate of drug-likeness (QED) is 0.617. The number of nitrogens with one attached hydrogen (secondary N) is 1. The number of aryl methyl sites for hydroxylation is 1. The summed E-state index contributed by atoms with van der Waals surface area (Å²) in [5.41, 5.74) is 1.02. The zero-order chi connectivity index (χ0) is 20.4.